The van der Waals surface area contributed by atoms with Crippen LogP contribution in [-0.4, -0.2) is 36.0 Å². The van der Waals surface area contributed by atoms with Crippen LogP contribution in [0.5, 0.6) is 0 Å². The molecule has 0 spiro atoms. The summed E-state index contributed by atoms with van der Waals surface area (Å²) in [6, 6.07) is 0. The Kier molecular flexibility index (Phi) is 5.05. The van der Waals surface area contributed by atoms with Gasteiger partial charge in [0.2, 0.25) is 0 Å². The second-order valence-corrected chi connectivity index (χ2v) is 4.09. The molecule has 88 valence electrons. The molecule has 1 N–H and O–H groups in total. The van der Waals surface area contributed by atoms with Gasteiger partial charge in [0.1, 0.15) is 0 Å². The monoisotopic (exact) mass is 216 g/mol. The highest BCUT2D eigenvalue weighted by Crippen LogP contribution is 2.20. The van der Waals surface area contributed by atoms with Crippen LogP contribution in [0.25, 0.3) is 0 Å². The highest BCUT2D eigenvalue weighted by Gasteiger charge is 2.30. The zero-order valence-electron chi connectivity index (χ0n) is 9.44. The fraction of sp³-hybridized carbons (Fsp3) is 0.909. The van der Waals surface area contributed by atoms with Crippen LogP contribution in [-0.2, 0) is 14.3 Å². The lowest BCUT2D eigenvalue weighted by molar-refractivity contribution is -0.151. The Labute approximate surface area is 90.6 Å². The van der Waals surface area contributed by atoms with E-state index >= 15 is 0 Å². The van der Waals surface area contributed by atoms with Gasteiger partial charge in [-0.3, -0.25) is 0 Å². The number of carboxylic acid groups (broad SMARTS) is 1. The van der Waals surface area contributed by atoms with E-state index in [9.17, 15) is 4.79 Å². The predicted molar refractivity (Wildman–Crippen MR) is 55.9 cm³/mol. The van der Waals surface area contributed by atoms with Crippen molar-refractivity contribution in [3.63, 3.8) is 0 Å². The van der Waals surface area contributed by atoms with Crippen LogP contribution in [0.3, 0.4) is 0 Å². The summed E-state index contributed by atoms with van der Waals surface area (Å²) in [7, 11) is 0. The van der Waals surface area contributed by atoms with Gasteiger partial charge in [-0.15, -0.1) is 0 Å². The summed E-state index contributed by atoms with van der Waals surface area (Å²) in [5.74, 6) is -0.862. The van der Waals surface area contributed by atoms with Gasteiger partial charge in [-0.2, -0.15) is 0 Å². The fourth-order valence-electron chi connectivity index (χ4n) is 1.77. The number of aliphatic carboxylic acids is 1. The predicted octanol–water partition coefficient (Wildman–Crippen LogP) is 1.82. The molecule has 15 heavy (non-hydrogen) atoms. The molecule has 1 saturated heterocycles. The molecule has 0 radical (unpaired) electrons. The van der Waals surface area contributed by atoms with Crippen molar-refractivity contribution in [3.8, 4) is 0 Å². The molecule has 0 saturated carbocycles. The summed E-state index contributed by atoms with van der Waals surface area (Å²) in [5.41, 5.74) is 0. The lowest BCUT2D eigenvalue weighted by Gasteiger charge is -2.16. The number of hydrogen-bond acceptors (Lipinski definition) is 3. The molecule has 4 nitrogen and oxygen atoms in total. The van der Waals surface area contributed by atoms with Gasteiger partial charge in [-0.25, -0.2) is 4.79 Å². The maximum atomic E-state index is 10.6. The molecule has 0 aromatic carbocycles. The Balaban J connectivity index is 2.16. The highest BCUT2D eigenvalue weighted by molar-refractivity contribution is 5.72. The molecule has 1 aliphatic heterocycles. The van der Waals surface area contributed by atoms with E-state index in [0.717, 1.165) is 19.3 Å². The second kappa shape index (κ2) is 6.08. The zero-order chi connectivity index (χ0) is 11.3. The normalized spacial score (nSPS) is 27.9. The van der Waals surface area contributed by atoms with Crippen LogP contribution >= 0.6 is 0 Å². The van der Waals surface area contributed by atoms with Gasteiger partial charge in [0.25, 0.3) is 0 Å². The molecule has 0 bridgehead atoms. The first-order valence-electron chi connectivity index (χ1n) is 5.63. The Morgan fingerprint density at radius 2 is 2.33 bits per heavy atom. The minimum Gasteiger partial charge on any atom is -0.479 e. The number of rotatable bonds is 6. The van der Waals surface area contributed by atoms with Gasteiger partial charge in [0.15, 0.2) is 6.10 Å². The van der Waals surface area contributed by atoms with Crippen LogP contribution in [0.2, 0.25) is 0 Å². The summed E-state index contributed by atoms with van der Waals surface area (Å²) in [4.78, 5) is 10.6. The fourth-order valence-corrected chi connectivity index (χ4v) is 1.77. The minimum absolute atomic E-state index is 0.0367. The lowest BCUT2D eigenvalue weighted by Crippen LogP contribution is -2.24. The molecule has 4 heteroatoms. The topological polar surface area (TPSA) is 55.8 Å². The van der Waals surface area contributed by atoms with Crippen LogP contribution < -0.4 is 0 Å². The summed E-state index contributed by atoms with van der Waals surface area (Å²) >= 11 is 0. The summed E-state index contributed by atoms with van der Waals surface area (Å²) < 4.78 is 10.9. The van der Waals surface area contributed by atoms with E-state index < -0.39 is 12.1 Å². The first-order valence-corrected chi connectivity index (χ1v) is 5.63. The second-order valence-electron chi connectivity index (χ2n) is 4.09. The van der Waals surface area contributed by atoms with Crippen molar-refractivity contribution >= 4 is 5.97 Å². The van der Waals surface area contributed by atoms with Crippen LogP contribution in [0.1, 0.15) is 39.5 Å². The quantitative estimate of drug-likeness (QED) is 0.735. The molecule has 1 rings (SSSR count). The van der Waals surface area contributed by atoms with Crippen molar-refractivity contribution in [1.29, 1.82) is 0 Å². The Morgan fingerprint density at radius 3 is 2.87 bits per heavy atom. The maximum absolute atomic E-state index is 10.6. The third-order valence-electron chi connectivity index (χ3n) is 2.64. The van der Waals surface area contributed by atoms with Gasteiger partial charge >= 0.3 is 5.97 Å². The Bertz CT molecular complexity index is 205. The van der Waals surface area contributed by atoms with Crippen molar-refractivity contribution in [2.24, 2.45) is 0 Å². The molecular weight excluding hydrogens is 196 g/mol. The van der Waals surface area contributed by atoms with Crippen molar-refractivity contribution in [3.05, 3.63) is 0 Å². The van der Waals surface area contributed by atoms with Gasteiger partial charge < -0.3 is 14.6 Å². The first kappa shape index (κ1) is 12.5. The highest BCUT2D eigenvalue weighted by atomic mass is 16.6. The molecule has 0 aromatic rings. The number of carbonyl (C=O) groups is 1. The number of ether oxygens (including phenoxy) is 2. The molecule has 0 aliphatic carbocycles. The van der Waals surface area contributed by atoms with Crippen molar-refractivity contribution in [2.45, 2.75) is 57.8 Å². The molecule has 1 aliphatic rings. The Morgan fingerprint density at radius 1 is 1.60 bits per heavy atom. The van der Waals surface area contributed by atoms with Gasteiger partial charge in [-0.1, -0.05) is 13.3 Å². The largest absolute Gasteiger partial charge is 0.479 e. The SMILES string of the molecule is CCCC(C)OCC1CCC(C(=O)O)O1. The minimum atomic E-state index is -0.862. The van der Waals surface area contributed by atoms with Gasteiger partial charge in [-0.05, 0) is 26.2 Å². The van der Waals surface area contributed by atoms with E-state index in [4.69, 9.17) is 14.6 Å². The molecule has 0 aromatic heterocycles. The molecular formula is C11H20O4. The molecule has 3 unspecified atom stereocenters. The van der Waals surface area contributed by atoms with Gasteiger partial charge in [0, 0.05) is 0 Å². The Hall–Kier alpha value is -0.610. The van der Waals surface area contributed by atoms with Gasteiger partial charge in [0.05, 0.1) is 18.8 Å². The average Bonchev–Trinajstić information content (AvgIpc) is 2.63. The lowest BCUT2D eigenvalue weighted by atomic mass is 10.2. The number of hydrogen-bond donors (Lipinski definition) is 1. The average molecular weight is 216 g/mol. The van der Waals surface area contributed by atoms with Crippen molar-refractivity contribution < 1.29 is 19.4 Å². The molecule has 1 fully saturated rings. The maximum Gasteiger partial charge on any atom is 0.332 e. The molecule has 0 amide bonds. The van der Waals surface area contributed by atoms with E-state index in [1.807, 2.05) is 6.92 Å². The van der Waals surface area contributed by atoms with Crippen LogP contribution in [0.4, 0.5) is 0 Å². The molecule has 3 atom stereocenters. The summed E-state index contributed by atoms with van der Waals surface area (Å²) in [6.07, 6.45) is 3.11. The smallest absolute Gasteiger partial charge is 0.332 e. The van der Waals surface area contributed by atoms with Crippen LogP contribution in [0.15, 0.2) is 0 Å². The van der Waals surface area contributed by atoms with E-state index in [0.29, 0.717) is 13.0 Å². The van der Waals surface area contributed by atoms with Crippen LogP contribution in [0, 0.1) is 0 Å². The third kappa shape index (κ3) is 4.18. The van der Waals surface area contributed by atoms with Crippen molar-refractivity contribution in [2.75, 3.05) is 6.61 Å². The van der Waals surface area contributed by atoms with E-state index in [1.54, 1.807) is 0 Å². The van der Waals surface area contributed by atoms with E-state index in [1.165, 1.54) is 0 Å². The number of carboxylic acids is 1. The first-order chi connectivity index (χ1) is 7.13. The standard InChI is InChI=1S/C11H20O4/c1-3-4-8(2)14-7-9-5-6-10(15-9)11(12)13/h8-10H,3-7H2,1-2H3,(H,12,13). The summed E-state index contributed by atoms with van der Waals surface area (Å²) in [6.45, 7) is 4.67. The summed E-state index contributed by atoms with van der Waals surface area (Å²) in [5, 5.41) is 8.73. The molecule has 1 heterocycles. The van der Waals surface area contributed by atoms with E-state index in [2.05, 4.69) is 6.92 Å². The van der Waals surface area contributed by atoms with E-state index in [-0.39, 0.29) is 12.2 Å². The zero-order valence-corrected chi connectivity index (χ0v) is 9.44. The van der Waals surface area contributed by atoms with Crippen molar-refractivity contribution in [1.82, 2.24) is 0 Å². The third-order valence-corrected chi connectivity index (χ3v) is 2.64.